The van der Waals surface area contributed by atoms with E-state index in [1.54, 1.807) is 13.8 Å². The number of hydrogen-bond donors (Lipinski definition) is 0. The summed E-state index contributed by atoms with van der Waals surface area (Å²) in [6.07, 6.45) is 0. The van der Waals surface area contributed by atoms with Crippen LogP contribution < -0.4 is 0 Å². The van der Waals surface area contributed by atoms with Crippen LogP contribution in [0.2, 0.25) is 0 Å². The van der Waals surface area contributed by atoms with Gasteiger partial charge in [0.05, 0.1) is 4.87 Å². The van der Waals surface area contributed by atoms with Crippen LogP contribution in [-0.4, -0.2) is 22.7 Å². The van der Waals surface area contributed by atoms with E-state index in [9.17, 15) is 9.59 Å². The van der Waals surface area contributed by atoms with Crippen molar-refractivity contribution >= 4 is 34.4 Å². The van der Waals surface area contributed by atoms with Gasteiger partial charge in [0.1, 0.15) is 6.61 Å². The molecule has 0 aliphatic heterocycles. The van der Waals surface area contributed by atoms with Crippen molar-refractivity contribution in [2.45, 2.75) is 18.7 Å². The molecule has 0 aliphatic rings. The van der Waals surface area contributed by atoms with E-state index in [1.165, 1.54) is 0 Å². The Kier molecular flexibility index (Phi) is 3.83. The predicted octanol–water partition coefficient (Wildman–Crippen LogP) is 1.31. The summed E-state index contributed by atoms with van der Waals surface area (Å²) in [5, 5.41) is -1.13. The highest BCUT2D eigenvalue weighted by atomic mass is 35.5. The second-order valence-electron chi connectivity index (χ2n) is 2.57. The zero-order valence-electron chi connectivity index (χ0n) is 6.19. The Balaban J connectivity index is 3.73. The highest BCUT2D eigenvalue weighted by Crippen LogP contribution is 2.12. The van der Waals surface area contributed by atoms with Crippen molar-refractivity contribution in [1.29, 1.82) is 0 Å². The van der Waals surface area contributed by atoms with Crippen LogP contribution in [0.25, 0.3) is 0 Å². The second kappa shape index (κ2) is 3.93. The van der Waals surface area contributed by atoms with Crippen molar-refractivity contribution in [3.63, 3.8) is 0 Å². The molecule has 0 unspecified atom stereocenters. The fraction of sp³-hybridized carbons (Fsp3) is 0.667. The summed E-state index contributed by atoms with van der Waals surface area (Å²) in [6.45, 7) is 3.27. The van der Waals surface area contributed by atoms with Crippen molar-refractivity contribution in [3.05, 3.63) is 0 Å². The molecule has 0 heterocycles. The first-order valence-electron chi connectivity index (χ1n) is 2.88. The van der Waals surface area contributed by atoms with Crippen molar-refractivity contribution < 1.29 is 14.3 Å². The van der Waals surface area contributed by atoms with Crippen LogP contribution in [0.5, 0.6) is 0 Å². The van der Waals surface area contributed by atoms with Crippen LogP contribution in [0.1, 0.15) is 13.8 Å². The zero-order chi connectivity index (χ0) is 9.07. The summed E-state index contributed by atoms with van der Waals surface area (Å²) in [5.74, 6) is -1.07. The van der Waals surface area contributed by atoms with E-state index < -0.39 is 16.1 Å². The lowest BCUT2D eigenvalue weighted by Crippen LogP contribution is -2.24. The molecule has 0 aromatic heterocycles. The molecular formula is C6H8Cl2O3. The summed E-state index contributed by atoms with van der Waals surface area (Å²) < 4.78 is 4.42. The first kappa shape index (κ1) is 10.7. The van der Waals surface area contributed by atoms with Gasteiger partial charge in [-0.2, -0.15) is 0 Å². The highest BCUT2D eigenvalue weighted by Gasteiger charge is 2.19. The Morgan fingerprint density at radius 1 is 1.45 bits per heavy atom. The van der Waals surface area contributed by atoms with Crippen molar-refractivity contribution in [2.24, 2.45) is 0 Å². The van der Waals surface area contributed by atoms with Crippen molar-refractivity contribution in [2.75, 3.05) is 6.61 Å². The van der Waals surface area contributed by atoms with Gasteiger partial charge in [0, 0.05) is 0 Å². The van der Waals surface area contributed by atoms with Crippen LogP contribution in [-0.2, 0) is 14.3 Å². The average molecular weight is 199 g/mol. The highest BCUT2D eigenvalue weighted by molar-refractivity contribution is 6.80. The summed E-state index contributed by atoms with van der Waals surface area (Å²) in [7, 11) is 0. The minimum absolute atomic E-state index is 0.0359. The average Bonchev–Trinajstić information content (AvgIpc) is 1.80. The number of alkyl halides is 1. The molecule has 0 aliphatic carbocycles. The molecule has 3 nitrogen and oxygen atoms in total. The molecule has 64 valence electrons. The number of carbonyl (C=O) groups excluding carboxylic acids is 2. The third kappa shape index (κ3) is 6.13. The molecule has 0 N–H and O–H groups in total. The largest absolute Gasteiger partial charge is 0.457 e. The standard InChI is InChI=1S/C6H8Cl2O3/c1-6(2,8)3-11-5(10)4(7)9/h3H2,1-2H3. The topological polar surface area (TPSA) is 43.4 Å². The molecule has 11 heavy (non-hydrogen) atoms. The monoisotopic (exact) mass is 198 g/mol. The molecule has 0 bridgehead atoms. The molecule has 0 saturated carbocycles. The first-order chi connectivity index (χ1) is 4.83. The van der Waals surface area contributed by atoms with Gasteiger partial charge in [-0.3, -0.25) is 4.79 Å². The number of hydrogen-bond acceptors (Lipinski definition) is 3. The van der Waals surface area contributed by atoms with Gasteiger partial charge in [-0.1, -0.05) is 0 Å². The molecule has 0 saturated heterocycles. The van der Waals surface area contributed by atoms with E-state index in [2.05, 4.69) is 4.74 Å². The maximum absolute atomic E-state index is 10.4. The van der Waals surface area contributed by atoms with E-state index in [0.717, 1.165) is 0 Å². The third-order valence-electron chi connectivity index (χ3n) is 0.707. The van der Waals surface area contributed by atoms with Crippen molar-refractivity contribution in [3.8, 4) is 0 Å². The number of carbonyl (C=O) groups is 2. The van der Waals surface area contributed by atoms with Gasteiger partial charge >= 0.3 is 11.2 Å². The van der Waals surface area contributed by atoms with E-state index >= 15 is 0 Å². The first-order valence-corrected chi connectivity index (χ1v) is 3.64. The van der Waals surface area contributed by atoms with Gasteiger partial charge in [-0.15, -0.1) is 11.6 Å². The number of halogens is 2. The van der Waals surface area contributed by atoms with Gasteiger partial charge in [0.15, 0.2) is 0 Å². The smallest absolute Gasteiger partial charge is 0.391 e. The lowest BCUT2D eigenvalue weighted by Gasteiger charge is -2.13. The maximum Gasteiger partial charge on any atom is 0.391 e. The lowest BCUT2D eigenvalue weighted by molar-refractivity contribution is -0.150. The Bertz CT molecular complexity index is 171. The molecule has 0 rings (SSSR count). The van der Waals surface area contributed by atoms with Gasteiger partial charge in [-0.05, 0) is 25.4 Å². The molecule has 0 spiro atoms. The van der Waals surface area contributed by atoms with Gasteiger partial charge < -0.3 is 4.74 Å². The predicted molar refractivity (Wildman–Crippen MR) is 41.8 cm³/mol. The van der Waals surface area contributed by atoms with Gasteiger partial charge in [-0.25, -0.2) is 4.79 Å². The van der Waals surface area contributed by atoms with Crippen LogP contribution in [0.15, 0.2) is 0 Å². The lowest BCUT2D eigenvalue weighted by atomic mass is 10.2. The Morgan fingerprint density at radius 3 is 2.18 bits per heavy atom. The minimum Gasteiger partial charge on any atom is -0.457 e. The van der Waals surface area contributed by atoms with Gasteiger partial charge in [0.25, 0.3) is 0 Å². The summed E-state index contributed by atoms with van der Waals surface area (Å²) in [6, 6.07) is 0. The zero-order valence-corrected chi connectivity index (χ0v) is 7.70. The minimum atomic E-state index is -1.13. The Labute approximate surface area is 74.6 Å². The molecule has 0 atom stereocenters. The summed E-state index contributed by atoms with van der Waals surface area (Å²) in [4.78, 5) is 19.9. The molecule has 0 aromatic carbocycles. The number of rotatable bonds is 3. The quantitative estimate of drug-likeness (QED) is 0.298. The molecule has 0 aromatic rings. The van der Waals surface area contributed by atoms with Crippen LogP contribution in [0.4, 0.5) is 0 Å². The molecule has 5 heteroatoms. The van der Waals surface area contributed by atoms with Crippen LogP contribution in [0.3, 0.4) is 0 Å². The Morgan fingerprint density at radius 2 is 1.91 bits per heavy atom. The van der Waals surface area contributed by atoms with Crippen LogP contribution >= 0.6 is 23.2 Å². The summed E-state index contributed by atoms with van der Waals surface area (Å²) >= 11 is 10.5. The molecular weight excluding hydrogens is 191 g/mol. The van der Waals surface area contributed by atoms with Crippen LogP contribution in [0, 0.1) is 0 Å². The maximum atomic E-state index is 10.4. The SMILES string of the molecule is CC(C)(Cl)COC(=O)C(=O)Cl. The van der Waals surface area contributed by atoms with E-state index in [-0.39, 0.29) is 6.61 Å². The van der Waals surface area contributed by atoms with Crippen molar-refractivity contribution in [1.82, 2.24) is 0 Å². The third-order valence-corrected chi connectivity index (χ3v) is 0.970. The molecule has 0 amide bonds. The number of esters is 1. The number of ether oxygens (including phenoxy) is 1. The fourth-order valence-electron chi connectivity index (χ4n) is 0.294. The van der Waals surface area contributed by atoms with E-state index in [4.69, 9.17) is 23.2 Å². The second-order valence-corrected chi connectivity index (χ2v) is 3.94. The van der Waals surface area contributed by atoms with E-state index in [0.29, 0.717) is 0 Å². The fourth-order valence-corrected chi connectivity index (χ4v) is 0.403. The molecule has 0 radical (unpaired) electrons. The van der Waals surface area contributed by atoms with E-state index in [1.807, 2.05) is 0 Å². The normalized spacial score (nSPS) is 10.9. The summed E-state index contributed by atoms with van der Waals surface area (Å²) in [5.41, 5.74) is 0. The Hall–Kier alpha value is -0.280. The molecule has 0 fully saturated rings. The van der Waals surface area contributed by atoms with Gasteiger partial charge in [0.2, 0.25) is 0 Å².